The predicted octanol–water partition coefficient (Wildman–Crippen LogP) is 3.69. The number of nitrogens with one attached hydrogen (secondary N) is 1. The highest BCUT2D eigenvalue weighted by Gasteiger charge is 2.02. The highest BCUT2D eigenvalue weighted by atomic mass is 35.5. The normalized spacial score (nSPS) is 10.6. The van der Waals surface area contributed by atoms with Crippen LogP contribution in [0.3, 0.4) is 0 Å². The summed E-state index contributed by atoms with van der Waals surface area (Å²) in [6.07, 6.45) is 0.980. The van der Waals surface area contributed by atoms with Gasteiger partial charge in [-0.15, -0.1) is 0 Å². The van der Waals surface area contributed by atoms with Crippen molar-refractivity contribution in [3.8, 4) is 5.75 Å². The minimum Gasteiger partial charge on any atom is -0.508 e. The molecule has 2 aromatic carbocycles. The van der Waals surface area contributed by atoms with Crippen LogP contribution in [-0.4, -0.2) is 11.7 Å². The highest BCUT2D eigenvalue weighted by molar-refractivity contribution is 6.30. The summed E-state index contributed by atoms with van der Waals surface area (Å²) in [5, 5.41) is 13.7. The number of hydrogen-bond donors (Lipinski definition) is 2. The molecule has 0 aliphatic heterocycles. The molecule has 0 fully saturated rings. The van der Waals surface area contributed by atoms with Gasteiger partial charge in [-0.1, -0.05) is 35.9 Å². The summed E-state index contributed by atoms with van der Waals surface area (Å²) in [4.78, 5) is 0. The Morgan fingerprint density at radius 3 is 2.68 bits per heavy atom. The third-order valence-corrected chi connectivity index (χ3v) is 3.42. The fourth-order valence-corrected chi connectivity index (χ4v) is 2.23. The lowest BCUT2D eigenvalue weighted by atomic mass is 10.1. The maximum atomic E-state index is 9.70. The van der Waals surface area contributed by atoms with Gasteiger partial charge in [-0.3, -0.25) is 0 Å². The average molecular weight is 276 g/mol. The molecule has 0 bridgehead atoms. The Balaban J connectivity index is 1.84. The Morgan fingerprint density at radius 1 is 1.11 bits per heavy atom. The SMILES string of the molecule is Cc1ccccc1CCNCc1cc(Cl)ccc1O. The van der Waals surface area contributed by atoms with Crippen LogP contribution in [-0.2, 0) is 13.0 Å². The predicted molar refractivity (Wildman–Crippen MR) is 79.7 cm³/mol. The quantitative estimate of drug-likeness (QED) is 0.816. The van der Waals surface area contributed by atoms with Crippen molar-refractivity contribution in [2.45, 2.75) is 19.9 Å². The van der Waals surface area contributed by atoms with Crippen LogP contribution in [0.5, 0.6) is 5.75 Å². The number of aromatic hydroxyl groups is 1. The minimum absolute atomic E-state index is 0.285. The molecule has 2 N–H and O–H groups in total. The van der Waals surface area contributed by atoms with E-state index in [-0.39, 0.29) is 5.75 Å². The summed E-state index contributed by atoms with van der Waals surface area (Å²) < 4.78 is 0. The fraction of sp³-hybridized carbons (Fsp3) is 0.250. The van der Waals surface area contributed by atoms with Crippen molar-refractivity contribution in [1.82, 2.24) is 5.32 Å². The van der Waals surface area contributed by atoms with Gasteiger partial charge in [0.2, 0.25) is 0 Å². The second kappa shape index (κ2) is 6.60. The molecule has 0 unspecified atom stereocenters. The van der Waals surface area contributed by atoms with E-state index in [9.17, 15) is 5.11 Å². The number of halogens is 1. The van der Waals surface area contributed by atoms with Crippen LogP contribution in [0.1, 0.15) is 16.7 Å². The first kappa shape index (κ1) is 13.9. The third kappa shape index (κ3) is 3.98. The molecule has 2 aromatic rings. The first-order chi connectivity index (χ1) is 9.16. The van der Waals surface area contributed by atoms with Crippen molar-refractivity contribution in [2.24, 2.45) is 0 Å². The van der Waals surface area contributed by atoms with Crippen LogP contribution in [0, 0.1) is 6.92 Å². The molecule has 0 saturated carbocycles. The molecule has 0 radical (unpaired) electrons. The van der Waals surface area contributed by atoms with Crippen LogP contribution in [0.4, 0.5) is 0 Å². The van der Waals surface area contributed by atoms with Crippen molar-refractivity contribution in [3.05, 3.63) is 64.2 Å². The number of hydrogen-bond acceptors (Lipinski definition) is 2. The van der Waals surface area contributed by atoms with Gasteiger partial charge in [-0.2, -0.15) is 0 Å². The monoisotopic (exact) mass is 275 g/mol. The van der Waals surface area contributed by atoms with Gasteiger partial charge < -0.3 is 10.4 Å². The highest BCUT2D eigenvalue weighted by Crippen LogP contribution is 2.21. The molecule has 2 nitrogen and oxygen atoms in total. The molecule has 100 valence electrons. The van der Waals surface area contributed by atoms with Gasteiger partial charge in [0.15, 0.2) is 0 Å². The van der Waals surface area contributed by atoms with Crippen molar-refractivity contribution in [3.63, 3.8) is 0 Å². The number of rotatable bonds is 5. The van der Waals surface area contributed by atoms with Crippen LogP contribution in [0.2, 0.25) is 5.02 Å². The first-order valence-corrected chi connectivity index (χ1v) is 6.77. The van der Waals surface area contributed by atoms with E-state index < -0.39 is 0 Å². The summed E-state index contributed by atoms with van der Waals surface area (Å²) in [6, 6.07) is 13.5. The zero-order valence-electron chi connectivity index (χ0n) is 11.0. The van der Waals surface area contributed by atoms with Crippen LogP contribution >= 0.6 is 11.6 Å². The maximum absolute atomic E-state index is 9.70. The summed E-state index contributed by atoms with van der Waals surface area (Å²) in [5.41, 5.74) is 3.50. The van der Waals surface area contributed by atoms with Crippen molar-refractivity contribution in [2.75, 3.05) is 6.54 Å². The first-order valence-electron chi connectivity index (χ1n) is 6.39. The molecular formula is C16H18ClNO. The Labute approximate surface area is 119 Å². The van der Waals surface area contributed by atoms with Gasteiger partial charge >= 0.3 is 0 Å². The lowest BCUT2D eigenvalue weighted by molar-refractivity contribution is 0.464. The Morgan fingerprint density at radius 2 is 1.89 bits per heavy atom. The molecular weight excluding hydrogens is 258 g/mol. The molecule has 0 saturated heterocycles. The van der Waals surface area contributed by atoms with E-state index in [1.807, 2.05) is 0 Å². The number of phenols is 1. The second-order valence-corrected chi connectivity index (χ2v) is 5.06. The molecule has 19 heavy (non-hydrogen) atoms. The standard InChI is InChI=1S/C16H18ClNO/c1-12-4-2-3-5-13(12)8-9-18-11-14-10-15(17)6-7-16(14)19/h2-7,10,18-19H,8-9,11H2,1H3. The van der Waals surface area contributed by atoms with E-state index in [0.717, 1.165) is 18.5 Å². The zero-order valence-corrected chi connectivity index (χ0v) is 11.7. The smallest absolute Gasteiger partial charge is 0.120 e. The van der Waals surface area contributed by atoms with Crippen molar-refractivity contribution < 1.29 is 5.11 Å². The van der Waals surface area contributed by atoms with Gasteiger partial charge in [0.1, 0.15) is 5.75 Å². The molecule has 0 aliphatic carbocycles. The molecule has 0 aliphatic rings. The molecule has 0 heterocycles. The van der Waals surface area contributed by atoms with E-state index in [0.29, 0.717) is 11.6 Å². The van der Waals surface area contributed by atoms with Crippen LogP contribution in [0.25, 0.3) is 0 Å². The lowest BCUT2D eigenvalue weighted by Crippen LogP contribution is -2.17. The van der Waals surface area contributed by atoms with Crippen LogP contribution < -0.4 is 5.32 Å². The Kier molecular flexibility index (Phi) is 4.83. The molecule has 0 amide bonds. The van der Waals surface area contributed by atoms with Crippen molar-refractivity contribution in [1.29, 1.82) is 0 Å². The van der Waals surface area contributed by atoms with E-state index in [1.165, 1.54) is 11.1 Å². The summed E-state index contributed by atoms with van der Waals surface area (Å²) in [5.74, 6) is 0.285. The van der Waals surface area contributed by atoms with Crippen molar-refractivity contribution >= 4 is 11.6 Å². The van der Waals surface area contributed by atoms with Gasteiger partial charge in [0.05, 0.1) is 0 Å². The number of benzene rings is 2. The Hall–Kier alpha value is -1.51. The Bertz CT molecular complexity index is 554. The molecule has 0 spiro atoms. The van der Waals surface area contributed by atoms with E-state index in [4.69, 9.17) is 11.6 Å². The molecule has 0 atom stereocenters. The van der Waals surface area contributed by atoms with Crippen LogP contribution in [0.15, 0.2) is 42.5 Å². The summed E-state index contributed by atoms with van der Waals surface area (Å²) in [7, 11) is 0. The third-order valence-electron chi connectivity index (χ3n) is 3.19. The largest absolute Gasteiger partial charge is 0.508 e. The van der Waals surface area contributed by atoms with Gasteiger partial charge in [-0.05, 0) is 49.2 Å². The summed E-state index contributed by atoms with van der Waals surface area (Å²) >= 11 is 5.91. The van der Waals surface area contributed by atoms with Gasteiger partial charge in [0, 0.05) is 17.1 Å². The fourth-order valence-electron chi connectivity index (χ4n) is 2.03. The maximum Gasteiger partial charge on any atom is 0.120 e. The minimum atomic E-state index is 0.285. The topological polar surface area (TPSA) is 32.3 Å². The van der Waals surface area contributed by atoms with E-state index in [2.05, 4.69) is 36.5 Å². The molecule has 0 aromatic heterocycles. The molecule has 3 heteroatoms. The van der Waals surface area contributed by atoms with Gasteiger partial charge in [0.25, 0.3) is 0 Å². The lowest BCUT2D eigenvalue weighted by Gasteiger charge is -2.09. The molecule has 2 rings (SSSR count). The van der Waals surface area contributed by atoms with E-state index in [1.54, 1.807) is 18.2 Å². The number of phenolic OH excluding ortho intramolecular Hbond substituents is 1. The summed E-state index contributed by atoms with van der Waals surface area (Å²) in [6.45, 7) is 3.62. The zero-order chi connectivity index (χ0) is 13.7. The number of aryl methyl sites for hydroxylation is 1. The average Bonchev–Trinajstić information content (AvgIpc) is 2.40. The van der Waals surface area contributed by atoms with Gasteiger partial charge in [-0.25, -0.2) is 0 Å². The second-order valence-electron chi connectivity index (χ2n) is 4.63. The van der Waals surface area contributed by atoms with E-state index >= 15 is 0 Å².